The highest BCUT2D eigenvalue weighted by molar-refractivity contribution is 7.17. The third-order valence-corrected chi connectivity index (χ3v) is 4.61. The fourth-order valence-corrected chi connectivity index (χ4v) is 3.64. The average molecular weight is 277 g/mol. The normalized spacial score (nSPS) is 24.1. The number of aliphatic carboxylic acids is 1. The number of thiophene rings is 1. The molecule has 4 nitrogen and oxygen atoms in total. The average Bonchev–Trinajstić information content (AvgIpc) is 2.95. The number of rotatable bonds is 3. The number of aliphatic hydroxyl groups excluding tert-OH is 1. The van der Waals surface area contributed by atoms with Gasteiger partial charge in [0.1, 0.15) is 6.04 Å². The molecule has 0 saturated carbocycles. The topological polar surface area (TPSA) is 60.8 Å². The van der Waals surface area contributed by atoms with Crippen LogP contribution in [-0.2, 0) is 11.3 Å². The van der Waals surface area contributed by atoms with Crippen LogP contribution in [-0.4, -0.2) is 39.8 Å². The van der Waals surface area contributed by atoms with Crippen LogP contribution in [0.15, 0.2) is 29.6 Å². The Hall–Kier alpha value is -1.43. The number of carboxylic acid groups (broad SMARTS) is 1. The molecule has 2 N–H and O–H groups in total. The fraction of sp³-hybridized carbons (Fsp3) is 0.357. The van der Waals surface area contributed by atoms with Crippen molar-refractivity contribution in [2.75, 3.05) is 6.54 Å². The van der Waals surface area contributed by atoms with Crippen molar-refractivity contribution in [1.82, 2.24) is 4.90 Å². The van der Waals surface area contributed by atoms with Crippen LogP contribution in [0.5, 0.6) is 0 Å². The van der Waals surface area contributed by atoms with Gasteiger partial charge in [0.15, 0.2) is 0 Å². The lowest BCUT2D eigenvalue weighted by molar-refractivity contribution is -0.142. The van der Waals surface area contributed by atoms with Crippen molar-refractivity contribution in [3.05, 3.63) is 35.2 Å². The summed E-state index contributed by atoms with van der Waals surface area (Å²) in [5, 5.41) is 22.1. The highest BCUT2D eigenvalue weighted by Crippen LogP contribution is 2.29. The van der Waals surface area contributed by atoms with Gasteiger partial charge < -0.3 is 10.2 Å². The molecule has 1 aliphatic rings. The lowest BCUT2D eigenvalue weighted by Crippen LogP contribution is -2.35. The summed E-state index contributed by atoms with van der Waals surface area (Å²) >= 11 is 1.67. The molecule has 0 unspecified atom stereocenters. The van der Waals surface area contributed by atoms with Crippen molar-refractivity contribution in [1.29, 1.82) is 0 Å². The molecule has 1 aromatic carbocycles. The molecule has 0 aliphatic carbocycles. The number of β-amino-alcohol motifs (C(OH)–C–C–N with tert-alkyl or cyclic N) is 1. The first kappa shape index (κ1) is 12.6. The number of fused-ring (bicyclic) bond motifs is 1. The molecule has 1 aliphatic heterocycles. The van der Waals surface area contributed by atoms with E-state index in [2.05, 4.69) is 17.5 Å². The maximum atomic E-state index is 11.2. The summed E-state index contributed by atoms with van der Waals surface area (Å²) in [7, 11) is 0. The summed E-state index contributed by atoms with van der Waals surface area (Å²) in [6.45, 7) is 1.01. The van der Waals surface area contributed by atoms with E-state index in [1.54, 1.807) is 11.3 Å². The van der Waals surface area contributed by atoms with Crippen LogP contribution < -0.4 is 0 Å². The van der Waals surface area contributed by atoms with Crippen LogP contribution in [0.2, 0.25) is 0 Å². The Balaban J connectivity index is 1.86. The van der Waals surface area contributed by atoms with Crippen LogP contribution in [0.1, 0.15) is 12.0 Å². The summed E-state index contributed by atoms with van der Waals surface area (Å²) in [4.78, 5) is 13.0. The fourth-order valence-electron chi connectivity index (χ4n) is 2.69. The van der Waals surface area contributed by atoms with Gasteiger partial charge in [0, 0.05) is 24.2 Å². The van der Waals surface area contributed by atoms with E-state index >= 15 is 0 Å². The molecule has 1 aromatic heterocycles. The Morgan fingerprint density at radius 2 is 2.21 bits per heavy atom. The van der Waals surface area contributed by atoms with E-state index in [4.69, 9.17) is 0 Å². The minimum atomic E-state index is -0.851. The largest absolute Gasteiger partial charge is 0.480 e. The molecule has 100 valence electrons. The summed E-state index contributed by atoms with van der Waals surface area (Å²) in [5.74, 6) is -0.851. The van der Waals surface area contributed by atoms with Gasteiger partial charge in [-0.25, -0.2) is 0 Å². The lowest BCUT2D eigenvalue weighted by atomic mass is 10.1. The monoisotopic (exact) mass is 277 g/mol. The van der Waals surface area contributed by atoms with E-state index in [0.717, 1.165) is 5.56 Å². The highest BCUT2D eigenvalue weighted by atomic mass is 32.1. The maximum Gasteiger partial charge on any atom is 0.321 e. The molecule has 1 fully saturated rings. The SMILES string of the molecule is O=C(O)[C@@H]1C[C@@H](O)CN1Cc1csc2ccccc12. The second kappa shape index (κ2) is 4.92. The minimum Gasteiger partial charge on any atom is -0.480 e. The number of aliphatic hydroxyl groups is 1. The smallest absolute Gasteiger partial charge is 0.321 e. The Kier molecular flexibility index (Phi) is 3.26. The van der Waals surface area contributed by atoms with Crippen LogP contribution >= 0.6 is 11.3 Å². The van der Waals surface area contributed by atoms with E-state index in [1.807, 2.05) is 17.0 Å². The molecular weight excluding hydrogens is 262 g/mol. The van der Waals surface area contributed by atoms with Crippen LogP contribution in [0, 0.1) is 0 Å². The molecule has 2 heterocycles. The van der Waals surface area contributed by atoms with Gasteiger partial charge in [0.25, 0.3) is 0 Å². The first-order valence-electron chi connectivity index (χ1n) is 6.25. The zero-order chi connectivity index (χ0) is 13.4. The molecule has 19 heavy (non-hydrogen) atoms. The molecule has 3 rings (SSSR count). The Bertz CT molecular complexity index is 610. The van der Waals surface area contributed by atoms with Crippen LogP contribution in [0.25, 0.3) is 10.1 Å². The molecule has 0 bridgehead atoms. The third kappa shape index (κ3) is 2.36. The highest BCUT2D eigenvalue weighted by Gasteiger charge is 2.35. The molecule has 1 saturated heterocycles. The van der Waals surface area contributed by atoms with Gasteiger partial charge in [-0.1, -0.05) is 18.2 Å². The van der Waals surface area contributed by atoms with E-state index in [-0.39, 0.29) is 0 Å². The zero-order valence-corrected chi connectivity index (χ0v) is 11.1. The van der Waals surface area contributed by atoms with Crippen molar-refractivity contribution in [2.24, 2.45) is 0 Å². The lowest BCUT2D eigenvalue weighted by Gasteiger charge is -2.20. The third-order valence-electron chi connectivity index (χ3n) is 3.60. The number of hydrogen-bond acceptors (Lipinski definition) is 4. The van der Waals surface area contributed by atoms with Gasteiger partial charge in [-0.2, -0.15) is 0 Å². The molecule has 0 amide bonds. The van der Waals surface area contributed by atoms with E-state index < -0.39 is 18.1 Å². The first-order chi connectivity index (χ1) is 9.15. The second-order valence-electron chi connectivity index (χ2n) is 4.93. The standard InChI is InChI=1S/C14H15NO3S/c16-10-5-12(14(17)18)15(7-10)6-9-8-19-13-4-2-1-3-11(9)13/h1-4,8,10,12,16H,5-7H2,(H,17,18)/t10-,12+/m1/s1. The first-order valence-corrected chi connectivity index (χ1v) is 7.13. The minimum absolute atomic E-state index is 0.317. The van der Waals surface area contributed by atoms with Gasteiger partial charge in [0.2, 0.25) is 0 Å². The molecular formula is C14H15NO3S. The summed E-state index contributed by atoms with van der Waals surface area (Å²) in [6.07, 6.45) is -0.219. The van der Waals surface area contributed by atoms with Gasteiger partial charge in [0.05, 0.1) is 6.10 Å². The Morgan fingerprint density at radius 1 is 1.42 bits per heavy atom. The van der Waals surface area contributed by atoms with E-state index in [9.17, 15) is 15.0 Å². The number of nitrogens with zero attached hydrogens (tertiary/aromatic N) is 1. The Labute approximate surface area is 114 Å². The molecule has 5 heteroatoms. The van der Waals surface area contributed by atoms with Crippen molar-refractivity contribution >= 4 is 27.4 Å². The predicted octanol–water partition coefficient (Wildman–Crippen LogP) is 1.92. The van der Waals surface area contributed by atoms with Gasteiger partial charge in [-0.15, -0.1) is 11.3 Å². The predicted molar refractivity (Wildman–Crippen MR) is 74.3 cm³/mol. The molecule has 2 atom stereocenters. The maximum absolute atomic E-state index is 11.2. The zero-order valence-electron chi connectivity index (χ0n) is 10.3. The van der Waals surface area contributed by atoms with Crippen LogP contribution in [0.3, 0.4) is 0 Å². The van der Waals surface area contributed by atoms with Crippen molar-refractivity contribution in [3.63, 3.8) is 0 Å². The van der Waals surface area contributed by atoms with Crippen molar-refractivity contribution < 1.29 is 15.0 Å². The van der Waals surface area contributed by atoms with E-state index in [0.29, 0.717) is 19.5 Å². The molecule has 0 spiro atoms. The number of carboxylic acids is 1. The van der Waals surface area contributed by atoms with Crippen molar-refractivity contribution in [2.45, 2.75) is 25.1 Å². The van der Waals surface area contributed by atoms with E-state index in [1.165, 1.54) is 10.1 Å². The second-order valence-corrected chi connectivity index (χ2v) is 5.84. The van der Waals surface area contributed by atoms with Crippen LogP contribution in [0.4, 0.5) is 0 Å². The number of hydrogen-bond donors (Lipinski definition) is 2. The molecule has 0 radical (unpaired) electrons. The van der Waals surface area contributed by atoms with Gasteiger partial charge in [-0.05, 0) is 22.4 Å². The number of carbonyl (C=O) groups is 1. The van der Waals surface area contributed by atoms with Crippen molar-refractivity contribution in [3.8, 4) is 0 Å². The Morgan fingerprint density at radius 3 is 3.00 bits per heavy atom. The number of likely N-dealkylation sites (tertiary alicyclic amines) is 1. The van der Waals surface area contributed by atoms with Gasteiger partial charge >= 0.3 is 5.97 Å². The molecule has 2 aromatic rings. The quantitative estimate of drug-likeness (QED) is 0.900. The summed E-state index contributed by atoms with van der Waals surface area (Å²) in [6, 6.07) is 7.54. The number of benzene rings is 1. The summed E-state index contributed by atoms with van der Waals surface area (Å²) < 4.78 is 1.21. The van der Waals surface area contributed by atoms with Gasteiger partial charge in [-0.3, -0.25) is 9.69 Å². The summed E-state index contributed by atoms with van der Waals surface area (Å²) in [5.41, 5.74) is 1.14.